The van der Waals surface area contributed by atoms with Crippen molar-refractivity contribution in [3.8, 4) is 11.1 Å². The van der Waals surface area contributed by atoms with E-state index in [0.717, 1.165) is 9.13 Å². The third kappa shape index (κ3) is 1.95. The number of benzene rings is 2. The molecule has 0 aliphatic carbocycles. The Labute approximate surface area is 95.9 Å². The molecular weight excluding hydrogens is 290 g/mol. The highest BCUT2D eigenvalue weighted by atomic mass is 127. The van der Waals surface area contributed by atoms with E-state index >= 15 is 0 Å². The zero-order chi connectivity index (χ0) is 9.97. The van der Waals surface area contributed by atoms with Gasteiger partial charge in [0.2, 0.25) is 0 Å². The van der Waals surface area contributed by atoms with Crippen LogP contribution in [0.15, 0.2) is 48.5 Å². The molecule has 0 N–H and O–H groups in total. The van der Waals surface area contributed by atoms with Crippen molar-refractivity contribution in [1.29, 1.82) is 0 Å². The van der Waals surface area contributed by atoms with Crippen LogP contribution in [0.5, 0.6) is 0 Å². The maximum Gasteiger partial charge on any atom is 0.132 e. The van der Waals surface area contributed by atoms with Crippen LogP contribution >= 0.6 is 22.6 Å². The fourth-order valence-corrected chi connectivity index (χ4v) is 1.79. The molecule has 0 spiro atoms. The Morgan fingerprint density at radius 3 is 2.29 bits per heavy atom. The second-order valence-corrected chi connectivity index (χ2v) is 4.24. The van der Waals surface area contributed by atoms with Crippen molar-refractivity contribution >= 4 is 22.6 Å². The molecule has 0 unspecified atom stereocenters. The minimum absolute atomic E-state index is 0.164. The maximum absolute atomic E-state index is 13.5. The minimum Gasteiger partial charge on any atom is -0.206 e. The van der Waals surface area contributed by atoms with Gasteiger partial charge >= 0.3 is 0 Å². The van der Waals surface area contributed by atoms with Crippen LogP contribution in [0.1, 0.15) is 0 Å². The highest BCUT2D eigenvalue weighted by Gasteiger charge is 2.03. The fraction of sp³-hybridized carbons (Fsp3) is 0. The molecule has 0 amide bonds. The molecule has 0 aliphatic rings. The first-order chi connectivity index (χ1) is 6.77. The Balaban J connectivity index is 2.53. The number of halogens is 2. The topological polar surface area (TPSA) is 0 Å². The van der Waals surface area contributed by atoms with Gasteiger partial charge in [-0.1, -0.05) is 36.4 Å². The summed E-state index contributed by atoms with van der Waals surface area (Å²) in [6.07, 6.45) is 0. The van der Waals surface area contributed by atoms with Crippen LogP contribution in [0.2, 0.25) is 0 Å². The summed E-state index contributed by atoms with van der Waals surface area (Å²) < 4.78 is 14.4. The van der Waals surface area contributed by atoms with Gasteiger partial charge in [0, 0.05) is 9.13 Å². The Morgan fingerprint density at radius 2 is 1.64 bits per heavy atom. The van der Waals surface area contributed by atoms with Gasteiger partial charge in [0.25, 0.3) is 0 Å². The van der Waals surface area contributed by atoms with Crippen molar-refractivity contribution in [2.75, 3.05) is 0 Å². The summed E-state index contributed by atoms with van der Waals surface area (Å²) >= 11 is 2.10. The quantitative estimate of drug-likeness (QED) is 0.695. The van der Waals surface area contributed by atoms with E-state index in [4.69, 9.17) is 0 Å². The molecule has 2 aromatic rings. The van der Waals surface area contributed by atoms with Crippen LogP contribution in [0.25, 0.3) is 11.1 Å². The normalized spacial score (nSPS) is 10.1. The standard InChI is InChI=1S/C12H8FI/c13-12-8-10(14)6-7-11(12)9-4-2-1-3-5-9/h1-8H. The maximum atomic E-state index is 13.5. The zero-order valence-electron chi connectivity index (χ0n) is 7.37. The minimum atomic E-state index is -0.164. The molecule has 2 heteroatoms. The molecule has 2 aromatic carbocycles. The lowest BCUT2D eigenvalue weighted by atomic mass is 10.1. The van der Waals surface area contributed by atoms with Gasteiger partial charge in [-0.15, -0.1) is 0 Å². The summed E-state index contributed by atoms with van der Waals surface area (Å²) in [5.41, 5.74) is 1.58. The summed E-state index contributed by atoms with van der Waals surface area (Å²) in [5.74, 6) is -0.164. The predicted molar refractivity (Wildman–Crippen MR) is 64.6 cm³/mol. The molecular formula is C12H8FI. The summed E-state index contributed by atoms with van der Waals surface area (Å²) in [7, 11) is 0. The van der Waals surface area contributed by atoms with Gasteiger partial charge in [-0.2, -0.15) is 0 Å². The van der Waals surface area contributed by atoms with Gasteiger partial charge in [-0.3, -0.25) is 0 Å². The molecule has 0 fully saturated rings. The lowest BCUT2D eigenvalue weighted by molar-refractivity contribution is 0.630. The van der Waals surface area contributed by atoms with Crippen molar-refractivity contribution < 1.29 is 4.39 Å². The highest BCUT2D eigenvalue weighted by molar-refractivity contribution is 14.1. The van der Waals surface area contributed by atoms with E-state index in [-0.39, 0.29) is 5.82 Å². The van der Waals surface area contributed by atoms with E-state index in [9.17, 15) is 4.39 Å². The van der Waals surface area contributed by atoms with Gasteiger partial charge in [-0.05, 0) is 40.3 Å². The molecule has 0 atom stereocenters. The first-order valence-electron chi connectivity index (χ1n) is 4.28. The van der Waals surface area contributed by atoms with Crippen LogP contribution < -0.4 is 0 Å². The van der Waals surface area contributed by atoms with Crippen molar-refractivity contribution in [2.24, 2.45) is 0 Å². The van der Waals surface area contributed by atoms with Gasteiger partial charge < -0.3 is 0 Å². The molecule has 0 radical (unpaired) electrons. The molecule has 70 valence electrons. The second kappa shape index (κ2) is 4.09. The average Bonchev–Trinajstić information content (AvgIpc) is 2.19. The Kier molecular flexibility index (Phi) is 2.82. The number of rotatable bonds is 1. The van der Waals surface area contributed by atoms with Gasteiger partial charge in [-0.25, -0.2) is 4.39 Å². The van der Waals surface area contributed by atoms with E-state index in [2.05, 4.69) is 22.6 Å². The summed E-state index contributed by atoms with van der Waals surface area (Å²) in [4.78, 5) is 0. The first-order valence-corrected chi connectivity index (χ1v) is 5.36. The largest absolute Gasteiger partial charge is 0.206 e. The lowest BCUT2D eigenvalue weighted by Gasteiger charge is -2.03. The molecule has 0 bridgehead atoms. The number of hydrogen-bond acceptors (Lipinski definition) is 0. The van der Waals surface area contributed by atoms with Crippen LogP contribution in [0.4, 0.5) is 4.39 Å². The summed E-state index contributed by atoms with van der Waals surface area (Å²) in [5, 5.41) is 0. The molecule has 0 nitrogen and oxygen atoms in total. The fourth-order valence-electron chi connectivity index (χ4n) is 1.34. The van der Waals surface area contributed by atoms with Crippen LogP contribution in [0, 0.1) is 9.39 Å². The number of hydrogen-bond donors (Lipinski definition) is 0. The van der Waals surface area contributed by atoms with E-state index in [0.29, 0.717) is 5.56 Å². The van der Waals surface area contributed by atoms with Gasteiger partial charge in [0.1, 0.15) is 5.82 Å². The SMILES string of the molecule is Fc1cc(I)ccc1-c1ccccc1. The van der Waals surface area contributed by atoms with E-state index in [1.54, 1.807) is 6.07 Å². The smallest absolute Gasteiger partial charge is 0.132 e. The lowest BCUT2D eigenvalue weighted by Crippen LogP contribution is -1.84. The Hall–Kier alpha value is -0.900. The average molecular weight is 298 g/mol. The molecule has 0 saturated carbocycles. The second-order valence-electron chi connectivity index (χ2n) is 2.99. The predicted octanol–water partition coefficient (Wildman–Crippen LogP) is 4.10. The molecule has 0 aliphatic heterocycles. The summed E-state index contributed by atoms with van der Waals surface area (Å²) in [6.45, 7) is 0. The van der Waals surface area contributed by atoms with Crippen molar-refractivity contribution in [2.45, 2.75) is 0 Å². The Bertz CT molecular complexity index is 437. The monoisotopic (exact) mass is 298 g/mol. The molecule has 0 heterocycles. The van der Waals surface area contributed by atoms with Crippen molar-refractivity contribution in [3.63, 3.8) is 0 Å². The molecule has 0 aromatic heterocycles. The first kappa shape index (κ1) is 9.65. The zero-order valence-corrected chi connectivity index (χ0v) is 9.53. The summed E-state index contributed by atoms with van der Waals surface area (Å²) in [6, 6.07) is 14.8. The highest BCUT2D eigenvalue weighted by Crippen LogP contribution is 2.23. The third-order valence-electron chi connectivity index (χ3n) is 2.02. The third-order valence-corrected chi connectivity index (χ3v) is 2.69. The van der Waals surface area contributed by atoms with E-state index in [1.165, 1.54) is 0 Å². The van der Waals surface area contributed by atoms with E-state index < -0.39 is 0 Å². The molecule has 2 rings (SSSR count). The molecule has 0 saturated heterocycles. The van der Waals surface area contributed by atoms with Crippen LogP contribution in [-0.2, 0) is 0 Å². The van der Waals surface area contributed by atoms with Crippen molar-refractivity contribution in [1.82, 2.24) is 0 Å². The Morgan fingerprint density at radius 1 is 0.929 bits per heavy atom. The van der Waals surface area contributed by atoms with Gasteiger partial charge in [0.15, 0.2) is 0 Å². The molecule has 14 heavy (non-hydrogen) atoms. The van der Waals surface area contributed by atoms with Crippen LogP contribution in [-0.4, -0.2) is 0 Å². The van der Waals surface area contributed by atoms with Crippen molar-refractivity contribution in [3.05, 3.63) is 57.9 Å². The van der Waals surface area contributed by atoms with E-state index in [1.807, 2.05) is 42.5 Å². The van der Waals surface area contributed by atoms with Gasteiger partial charge in [0.05, 0.1) is 0 Å². The van der Waals surface area contributed by atoms with Crippen LogP contribution in [0.3, 0.4) is 0 Å².